The van der Waals surface area contributed by atoms with E-state index in [2.05, 4.69) is 9.97 Å². The summed E-state index contributed by atoms with van der Waals surface area (Å²) in [7, 11) is 0. The van der Waals surface area contributed by atoms with Gasteiger partial charge in [-0.3, -0.25) is 9.78 Å². The van der Waals surface area contributed by atoms with E-state index in [4.69, 9.17) is 11.6 Å². The predicted molar refractivity (Wildman–Crippen MR) is 113 cm³/mol. The fourth-order valence-corrected chi connectivity index (χ4v) is 4.06. The molecule has 0 N–H and O–H groups in total. The van der Waals surface area contributed by atoms with Crippen molar-refractivity contribution >= 4 is 34.2 Å². The summed E-state index contributed by atoms with van der Waals surface area (Å²) in [6, 6.07) is 6.79. The fourth-order valence-electron chi connectivity index (χ4n) is 3.77. The summed E-state index contributed by atoms with van der Waals surface area (Å²) in [6.45, 7) is 3.38. The minimum absolute atomic E-state index is 0.0820. The largest absolute Gasteiger partial charge is 0.417 e. The zero-order valence-electron chi connectivity index (χ0n) is 17.1. The Morgan fingerprint density at radius 2 is 1.88 bits per heavy atom. The Balaban J connectivity index is 1.52. The number of nitrogens with zero attached hydrogens (tertiary/aromatic N) is 4. The molecule has 5 nitrogen and oxygen atoms in total. The van der Waals surface area contributed by atoms with Crippen molar-refractivity contribution in [1.29, 1.82) is 0 Å². The molecule has 1 aliphatic heterocycles. The minimum Gasteiger partial charge on any atom is -0.354 e. The lowest BCUT2D eigenvalue weighted by Crippen LogP contribution is -2.36. The van der Waals surface area contributed by atoms with E-state index in [1.165, 1.54) is 12.1 Å². The number of carbonyl (C=O) groups is 1. The van der Waals surface area contributed by atoms with Crippen LogP contribution in [-0.4, -0.2) is 47.0 Å². The first kappa shape index (κ1) is 22.3. The molecule has 0 atom stereocenters. The maximum atomic E-state index is 13.5. The Morgan fingerprint density at radius 1 is 1.09 bits per heavy atom. The van der Waals surface area contributed by atoms with E-state index < -0.39 is 17.6 Å². The van der Waals surface area contributed by atoms with E-state index in [0.29, 0.717) is 54.8 Å². The lowest BCUT2D eigenvalue weighted by molar-refractivity contribution is -0.137. The summed E-state index contributed by atoms with van der Waals surface area (Å²) in [5, 5.41) is 0.582. The highest BCUT2D eigenvalue weighted by Crippen LogP contribution is 2.33. The molecule has 0 unspecified atom stereocenters. The van der Waals surface area contributed by atoms with E-state index in [1.54, 1.807) is 28.9 Å². The summed E-state index contributed by atoms with van der Waals surface area (Å²) in [5.74, 6) is -0.333. The minimum atomic E-state index is -4.52. The second-order valence-electron chi connectivity index (χ2n) is 7.62. The Hall–Kier alpha value is -2.94. The Morgan fingerprint density at radius 3 is 2.59 bits per heavy atom. The summed E-state index contributed by atoms with van der Waals surface area (Å²) in [4.78, 5) is 24.9. The first-order valence-electron chi connectivity index (χ1n) is 9.97. The maximum Gasteiger partial charge on any atom is 0.417 e. The molecule has 0 saturated carbocycles. The van der Waals surface area contributed by atoms with Crippen molar-refractivity contribution in [2.24, 2.45) is 0 Å². The quantitative estimate of drug-likeness (QED) is 0.493. The number of fused-ring (bicyclic) bond motifs is 1. The average molecular weight is 467 g/mol. The van der Waals surface area contributed by atoms with Crippen molar-refractivity contribution in [3.8, 4) is 0 Å². The highest BCUT2D eigenvalue weighted by Gasteiger charge is 2.32. The number of benzene rings is 1. The molecular weight excluding hydrogens is 448 g/mol. The molecule has 0 aliphatic carbocycles. The number of aromatic nitrogens is 2. The van der Waals surface area contributed by atoms with E-state index in [9.17, 15) is 22.4 Å². The smallest absolute Gasteiger partial charge is 0.354 e. The molecule has 3 aromatic rings. The number of pyridine rings is 2. The Bertz CT molecular complexity index is 1180. The van der Waals surface area contributed by atoms with Gasteiger partial charge >= 0.3 is 6.18 Å². The van der Waals surface area contributed by atoms with Crippen molar-refractivity contribution in [3.05, 3.63) is 64.2 Å². The van der Waals surface area contributed by atoms with Crippen LogP contribution in [0.1, 0.15) is 28.0 Å². The summed E-state index contributed by atoms with van der Waals surface area (Å²) >= 11 is 6.08. The maximum absolute atomic E-state index is 13.5. The van der Waals surface area contributed by atoms with Crippen molar-refractivity contribution in [2.45, 2.75) is 19.5 Å². The summed E-state index contributed by atoms with van der Waals surface area (Å²) < 4.78 is 52.1. The van der Waals surface area contributed by atoms with Crippen LogP contribution < -0.4 is 4.90 Å². The second kappa shape index (κ2) is 8.54. The van der Waals surface area contributed by atoms with Gasteiger partial charge in [0.1, 0.15) is 11.6 Å². The van der Waals surface area contributed by atoms with E-state index in [-0.39, 0.29) is 16.7 Å². The number of hydrogen-bond acceptors (Lipinski definition) is 4. The Labute approximate surface area is 186 Å². The van der Waals surface area contributed by atoms with Gasteiger partial charge in [-0.05, 0) is 37.6 Å². The third-order valence-corrected chi connectivity index (χ3v) is 5.71. The van der Waals surface area contributed by atoms with Gasteiger partial charge in [-0.2, -0.15) is 13.2 Å². The number of aryl methyl sites for hydroxylation is 1. The number of halogens is 5. The number of anilines is 1. The normalized spacial score (nSPS) is 15.2. The molecule has 1 fully saturated rings. The zero-order chi connectivity index (χ0) is 23.0. The number of carbonyl (C=O) groups excluding carboxylic acids is 1. The van der Waals surface area contributed by atoms with Crippen molar-refractivity contribution in [3.63, 3.8) is 0 Å². The molecule has 10 heteroatoms. The summed E-state index contributed by atoms with van der Waals surface area (Å²) in [5.41, 5.74) is 0.506. The topological polar surface area (TPSA) is 49.3 Å². The van der Waals surface area contributed by atoms with Crippen molar-refractivity contribution in [1.82, 2.24) is 14.9 Å². The van der Waals surface area contributed by atoms with Gasteiger partial charge in [0, 0.05) is 43.8 Å². The first-order valence-corrected chi connectivity index (χ1v) is 10.3. The predicted octanol–water partition coefficient (Wildman–Crippen LogP) is 5.10. The Kier molecular flexibility index (Phi) is 5.94. The molecule has 0 radical (unpaired) electrons. The molecule has 32 heavy (non-hydrogen) atoms. The van der Waals surface area contributed by atoms with Gasteiger partial charge in [-0.1, -0.05) is 11.6 Å². The van der Waals surface area contributed by atoms with Crippen molar-refractivity contribution < 1.29 is 22.4 Å². The molecule has 1 aromatic carbocycles. The number of alkyl halides is 3. The molecule has 0 bridgehead atoms. The first-order chi connectivity index (χ1) is 15.1. The fraction of sp³-hybridized carbons (Fsp3) is 0.318. The van der Waals surface area contributed by atoms with Crippen LogP contribution in [0.5, 0.6) is 0 Å². The van der Waals surface area contributed by atoms with Crippen LogP contribution in [-0.2, 0) is 6.18 Å². The van der Waals surface area contributed by atoms with Gasteiger partial charge in [0.15, 0.2) is 0 Å². The molecule has 0 spiro atoms. The SMILES string of the molecule is Cc1nc2cc(F)ccc2cc1C(=O)N1CCCN(c2ncc(C(F)(F)F)cc2Cl)CC1. The number of amides is 1. The number of hydrogen-bond donors (Lipinski definition) is 0. The highest BCUT2D eigenvalue weighted by molar-refractivity contribution is 6.33. The van der Waals surface area contributed by atoms with Gasteiger partial charge in [0.2, 0.25) is 0 Å². The molecule has 1 aliphatic rings. The lowest BCUT2D eigenvalue weighted by Gasteiger charge is -2.24. The highest BCUT2D eigenvalue weighted by atomic mass is 35.5. The van der Waals surface area contributed by atoms with E-state index in [0.717, 1.165) is 12.3 Å². The van der Waals surface area contributed by atoms with Gasteiger partial charge in [0.05, 0.1) is 27.4 Å². The molecule has 168 valence electrons. The third-order valence-electron chi connectivity index (χ3n) is 5.43. The van der Waals surface area contributed by atoms with E-state index >= 15 is 0 Å². The summed E-state index contributed by atoms with van der Waals surface area (Å²) in [6.07, 6.45) is -3.16. The third kappa shape index (κ3) is 4.48. The zero-order valence-corrected chi connectivity index (χ0v) is 17.8. The molecule has 1 saturated heterocycles. The van der Waals surface area contributed by atoms with E-state index in [1.807, 2.05) is 0 Å². The molecule has 4 rings (SSSR count). The van der Waals surface area contributed by atoms with Crippen LogP contribution in [0.2, 0.25) is 5.02 Å². The van der Waals surface area contributed by atoms with Gasteiger partial charge in [0.25, 0.3) is 5.91 Å². The van der Waals surface area contributed by atoms with Gasteiger partial charge in [-0.15, -0.1) is 0 Å². The average Bonchev–Trinajstić information content (AvgIpc) is 2.98. The van der Waals surface area contributed by atoms with Gasteiger partial charge in [-0.25, -0.2) is 9.37 Å². The lowest BCUT2D eigenvalue weighted by atomic mass is 10.1. The standard InChI is InChI=1S/C22H19ClF4N4O/c1-13-17(9-14-3-4-16(24)11-19(14)29-13)21(32)31-6-2-5-30(7-8-31)20-18(23)10-15(12-28-20)22(25,26)27/h3-4,9-12H,2,5-8H2,1H3. The number of rotatable bonds is 2. The second-order valence-corrected chi connectivity index (χ2v) is 8.03. The van der Waals surface area contributed by atoms with Crippen LogP contribution >= 0.6 is 11.6 Å². The van der Waals surface area contributed by atoms with Crippen LogP contribution in [0.15, 0.2) is 36.5 Å². The molecule has 1 amide bonds. The van der Waals surface area contributed by atoms with Crippen LogP contribution in [0.3, 0.4) is 0 Å². The van der Waals surface area contributed by atoms with Crippen LogP contribution in [0, 0.1) is 12.7 Å². The van der Waals surface area contributed by atoms with Crippen LogP contribution in [0.4, 0.5) is 23.4 Å². The van der Waals surface area contributed by atoms with Crippen LogP contribution in [0.25, 0.3) is 10.9 Å². The van der Waals surface area contributed by atoms with Gasteiger partial charge < -0.3 is 9.80 Å². The molecular formula is C22H19ClF4N4O. The molecule has 2 aromatic heterocycles. The van der Waals surface area contributed by atoms with Crippen molar-refractivity contribution in [2.75, 3.05) is 31.1 Å². The molecule has 3 heterocycles. The monoisotopic (exact) mass is 466 g/mol.